The van der Waals surface area contributed by atoms with Crippen LogP contribution in [0.15, 0.2) is 18.3 Å². The number of halogens is 3. The molecule has 2 rings (SSSR count). The second-order valence-corrected chi connectivity index (χ2v) is 3.31. The van der Waals surface area contributed by atoms with Gasteiger partial charge in [0, 0.05) is 11.8 Å². The van der Waals surface area contributed by atoms with E-state index < -0.39 is 24.4 Å². The summed E-state index contributed by atoms with van der Waals surface area (Å²) in [7, 11) is 0. The van der Waals surface area contributed by atoms with Crippen LogP contribution >= 0.6 is 0 Å². The van der Waals surface area contributed by atoms with Gasteiger partial charge in [-0.3, -0.25) is 4.79 Å². The fraction of sp³-hybridized carbons (Fsp3) is 0.222. The summed E-state index contributed by atoms with van der Waals surface area (Å²) in [5.74, 6) is -2.43. The minimum Gasteiger partial charge on any atom is -0.481 e. The van der Waals surface area contributed by atoms with Crippen molar-refractivity contribution in [3.63, 3.8) is 0 Å². The number of carboxylic acids is 1. The first-order valence-corrected chi connectivity index (χ1v) is 4.51. The maximum Gasteiger partial charge on any atom is 0.453 e. The zero-order valence-corrected chi connectivity index (χ0v) is 8.27. The van der Waals surface area contributed by atoms with E-state index in [1.54, 1.807) is 0 Å². The summed E-state index contributed by atoms with van der Waals surface area (Å²) in [6.45, 7) is 0. The van der Waals surface area contributed by atoms with Gasteiger partial charge in [-0.15, -0.1) is 5.10 Å². The van der Waals surface area contributed by atoms with Gasteiger partial charge in [-0.05, 0) is 6.07 Å². The zero-order chi connectivity index (χ0) is 12.6. The number of nitrogens with zero attached hydrogens (tertiary/aromatic N) is 3. The summed E-state index contributed by atoms with van der Waals surface area (Å²) < 4.78 is 38.0. The molecule has 0 aromatic carbocycles. The van der Waals surface area contributed by atoms with Gasteiger partial charge in [0.15, 0.2) is 5.65 Å². The van der Waals surface area contributed by atoms with E-state index >= 15 is 0 Å². The predicted molar refractivity (Wildman–Crippen MR) is 49.3 cm³/mol. The molecule has 2 aromatic heterocycles. The number of fused-ring (bicyclic) bond motifs is 1. The van der Waals surface area contributed by atoms with Gasteiger partial charge >= 0.3 is 12.1 Å². The number of carboxylic acid groups (broad SMARTS) is 1. The molecule has 17 heavy (non-hydrogen) atoms. The summed E-state index contributed by atoms with van der Waals surface area (Å²) in [6, 6.07) is 2.82. The number of pyridine rings is 1. The van der Waals surface area contributed by atoms with E-state index in [9.17, 15) is 18.0 Å². The Morgan fingerprint density at radius 2 is 2.18 bits per heavy atom. The molecule has 0 aliphatic heterocycles. The Morgan fingerprint density at radius 1 is 1.47 bits per heavy atom. The lowest BCUT2D eigenvalue weighted by Crippen LogP contribution is -2.07. The largest absolute Gasteiger partial charge is 0.481 e. The van der Waals surface area contributed by atoms with Gasteiger partial charge in [-0.25, -0.2) is 9.50 Å². The molecule has 0 amide bonds. The van der Waals surface area contributed by atoms with Crippen LogP contribution in [0, 0.1) is 0 Å². The molecule has 0 spiro atoms. The van der Waals surface area contributed by atoms with E-state index in [2.05, 4.69) is 10.1 Å². The molecule has 0 aliphatic rings. The standard InChI is InChI=1S/C9H6F3N3O2/c10-9(11,12)8-13-7-5(4-6(16)17)2-1-3-15(7)14-8/h1-3H,4H2,(H,16,17). The Kier molecular flexibility index (Phi) is 2.49. The van der Waals surface area contributed by atoms with Gasteiger partial charge in [0.2, 0.25) is 0 Å². The van der Waals surface area contributed by atoms with E-state index in [0.29, 0.717) is 0 Å². The summed E-state index contributed by atoms with van der Waals surface area (Å²) in [5.41, 5.74) is 0.0882. The van der Waals surface area contributed by atoms with Crippen molar-refractivity contribution < 1.29 is 23.1 Å². The maximum atomic E-state index is 12.4. The Morgan fingerprint density at radius 3 is 2.76 bits per heavy atom. The number of aliphatic carboxylic acids is 1. The third-order valence-corrected chi connectivity index (χ3v) is 2.04. The number of hydrogen-bond acceptors (Lipinski definition) is 3. The molecule has 5 nitrogen and oxygen atoms in total. The molecule has 0 saturated heterocycles. The van der Waals surface area contributed by atoms with Crippen molar-refractivity contribution in [2.45, 2.75) is 12.6 Å². The Bertz CT molecular complexity index is 576. The summed E-state index contributed by atoms with van der Waals surface area (Å²) in [6.07, 6.45) is -3.77. The first kappa shape index (κ1) is 11.4. The minimum absolute atomic E-state index is 0.0952. The van der Waals surface area contributed by atoms with Crippen molar-refractivity contribution in [3.05, 3.63) is 29.7 Å². The van der Waals surface area contributed by atoms with Gasteiger partial charge in [0.25, 0.3) is 5.82 Å². The molecule has 2 heterocycles. The maximum absolute atomic E-state index is 12.4. The highest BCUT2D eigenvalue weighted by Gasteiger charge is 2.36. The van der Waals surface area contributed by atoms with Gasteiger partial charge in [0.1, 0.15) is 0 Å². The van der Waals surface area contributed by atoms with E-state index in [-0.39, 0.29) is 11.2 Å². The number of rotatable bonds is 2. The molecule has 0 atom stereocenters. The number of aromatic nitrogens is 3. The Labute approximate surface area is 92.5 Å². The van der Waals surface area contributed by atoms with Crippen molar-refractivity contribution in [2.75, 3.05) is 0 Å². The van der Waals surface area contributed by atoms with Crippen molar-refractivity contribution in [2.24, 2.45) is 0 Å². The molecule has 0 bridgehead atoms. The second kappa shape index (κ2) is 3.72. The van der Waals surface area contributed by atoms with E-state index in [1.165, 1.54) is 18.3 Å². The lowest BCUT2D eigenvalue weighted by Gasteiger charge is -1.97. The van der Waals surface area contributed by atoms with Gasteiger partial charge in [0.05, 0.1) is 6.42 Å². The van der Waals surface area contributed by atoms with Crippen LogP contribution in [0.2, 0.25) is 0 Å². The average Bonchev–Trinajstić information content (AvgIpc) is 2.60. The fourth-order valence-corrected chi connectivity index (χ4v) is 1.38. The van der Waals surface area contributed by atoms with Crippen LogP contribution in [-0.2, 0) is 17.4 Å². The molecular formula is C9H6F3N3O2. The Balaban J connectivity index is 2.57. The first-order chi connectivity index (χ1) is 7.88. The van der Waals surface area contributed by atoms with Crippen LogP contribution < -0.4 is 0 Å². The molecule has 8 heteroatoms. The van der Waals surface area contributed by atoms with Crippen LogP contribution in [0.5, 0.6) is 0 Å². The predicted octanol–water partition coefficient (Wildman–Crippen LogP) is 1.38. The van der Waals surface area contributed by atoms with E-state index in [4.69, 9.17) is 5.11 Å². The minimum atomic E-state index is -4.65. The summed E-state index contributed by atoms with van der Waals surface area (Å²) >= 11 is 0. The van der Waals surface area contributed by atoms with Gasteiger partial charge in [-0.2, -0.15) is 13.2 Å². The molecule has 0 fully saturated rings. The molecule has 2 aromatic rings. The van der Waals surface area contributed by atoms with Crippen LogP contribution in [0.25, 0.3) is 5.65 Å². The molecule has 0 unspecified atom stereocenters. The van der Waals surface area contributed by atoms with E-state index in [0.717, 1.165) is 4.52 Å². The lowest BCUT2D eigenvalue weighted by atomic mass is 10.2. The summed E-state index contributed by atoms with van der Waals surface area (Å²) in [5, 5.41) is 11.9. The van der Waals surface area contributed by atoms with Crippen molar-refractivity contribution in [1.82, 2.24) is 14.6 Å². The first-order valence-electron chi connectivity index (χ1n) is 4.51. The SMILES string of the molecule is O=C(O)Cc1cccn2nc(C(F)(F)F)nc12. The van der Waals surface area contributed by atoms with Gasteiger partial charge in [-0.1, -0.05) is 6.07 Å². The number of carbonyl (C=O) groups is 1. The van der Waals surface area contributed by atoms with Gasteiger partial charge < -0.3 is 5.11 Å². The van der Waals surface area contributed by atoms with Crippen molar-refractivity contribution in [3.8, 4) is 0 Å². The molecule has 1 N–H and O–H groups in total. The zero-order valence-electron chi connectivity index (χ0n) is 8.27. The van der Waals surface area contributed by atoms with Crippen molar-refractivity contribution >= 4 is 11.6 Å². The lowest BCUT2D eigenvalue weighted by molar-refractivity contribution is -0.144. The molecule has 0 radical (unpaired) electrons. The Hall–Kier alpha value is -2.12. The van der Waals surface area contributed by atoms with Crippen molar-refractivity contribution in [1.29, 1.82) is 0 Å². The quantitative estimate of drug-likeness (QED) is 0.867. The van der Waals surface area contributed by atoms with Crippen LogP contribution in [-0.4, -0.2) is 25.7 Å². The molecular weight excluding hydrogens is 239 g/mol. The normalized spacial score (nSPS) is 11.9. The smallest absolute Gasteiger partial charge is 0.453 e. The second-order valence-electron chi connectivity index (χ2n) is 3.31. The molecule has 90 valence electrons. The third-order valence-electron chi connectivity index (χ3n) is 2.04. The monoisotopic (exact) mass is 245 g/mol. The third kappa shape index (κ3) is 2.19. The number of hydrogen-bond donors (Lipinski definition) is 1. The van der Waals surface area contributed by atoms with Crippen LogP contribution in [0.4, 0.5) is 13.2 Å². The molecule has 0 aliphatic carbocycles. The average molecular weight is 245 g/mol. The molecule has 0 saturated carbocycles. The van der Waals surface area contributed by atoms with E-state index in [1.807, 2.05) is 0 Å². The summed E-state index contributed by atoms with van der Waals surface area (Å²) in [4.78, 5) is 13.8. The highest BCUT2D eigenvalue weighted by atomic mass is 19.4. The van der Waals surface area contributed by atoms with Crippen LogP contribution in [0.3, 0.4) is 0 Å². The van der Waals surface area contributed by atoms with Crippen LogP contribution in [0.1, 0.15) is 11.4 Å². The highest BCUT2D eigenvalue weighted by Crippen LogP contribution is 2.27. The highest BCUT2D eigenvalue weighted by molar-refractivity contribution is 5.73. The topological polar surface area (TPSA) is 67.5 Å². The fourth-order valence-electron chi connectivity index (χ4n) is 1.38. The number of alkyl halides is 3.